The van der Waals surface area contributed by atoms with Crippen LogP contribution in [-0.2, 0) is 0 Å². The van der Waals surface area contributed by atoms with E-state index in [0.29, 0.717) is 12.3 Å². The van der Waals surface area contributed by atoms with Crippen molar-refractivity contribution in [3.63, 3.8) is 0 Å². The molecule has 2 heteroatoms. The highest BCUT2D eigenvalue weighted by molar-refractivity contribution is 7.98. The van der Waals surface area contributed by atoms with Gasteiger partial charge in [0.05, 0.1) is 6.07 Å². The minimum Gasteiger partial charge on any atom is -0.198 e. The predicted octanol–water partition coefficient (Wildman–Crippen LogP) is 3.43. The van der Waals surface area contributed by atoms with Crippen LogP contribution in [0.3, 0.4) is 0 Å². The fourth-order valence-electron chi connectivity index (χ4n) is 1.19. The summed E-state index contributed by atoms with van der Waals surface area (Å²) in [6.45, 7) is 2.08. The van der Waals surface area contributed by atoms with Crippen molar-refractivity contribution in [2.45, 2.75) is 24.2 Å². The molecular weight excluding hydrogens is 178 g/mol. The van der Waals surface area contributed by atoms with Crippen LogP contribution in [0.2, 0.25) is 0 Å². The van der Waals surface area contributed by atoms with E-state index in [4.69, 9.17) is 5.26 Å². The summed E-state index contributed by atoms with van der Waals surface area (Å²) in [5, 5.41) is 8.54. The van der Waals surface area contributed by atoms with Crippen molar-refractivity contribution in [3.8, 4) is 6.07 Å². The number of thioether (sulfide) groups is 1. The first-order chi connectivity index (χ1) is 6.27. The van der Waals surface area contributed by atoms with Crippen LogP contribution in [0, 0.1) is 11.3 Å². The molecule has 1 aromatic carbocycles. The van der Waals surface area contributed by atoms with E-state index in [1.54, 1.807) is 11.8 Å². The Balaban J connectivity index is 2.74. The first-order valence-electron chi connectivity index (χ1n) is 4.29. The van der Waals surface area contributed by atoms with E-state index in [0.717, 1.165) is 0 Å². The standard InChI is InChI=1S/C11H13NS/c1-9(7-8-12)10-3-5-11(13-2)6-4-10/h3-6,9H,7H2,1-2H3/t9-/m1/s1. The van der Waals surface area contributed by atoms with Crippen molar-refractivity contribution in [1.29, 1.82) is 5.26 Å². The summed E-state index contributed by atoms with van der Waals surface area (Å²) in [7, 11) is 0. The Labute approximate surface area is 83.8 Å². The lowest BCUT2D eigenvalue weighted by molar-refractivity contribution is 0.788. The number of hydrogen-bond acceptors (Lipinski definition) is 2. The lowest BCUT2D eigenvalue weighted by Gasteiger charge is -2.07. The van der Waals surface area contributed by atoms with Crippen molar-refractivity contribution in [3.05, 3.63) is 29.8 Å². The number of nitrogens with zero attached hydrogens (tertiary/aromatic N) is 1. The normalized spacial score (nSPS) is 12.1. The van der Waals surface area contributed by atoms with Gasteiger partial charge in [-0.1, -0.05) is 19.1 Å². The van der Waals surface area contributed by atoms with Crippen molar-refractivity contribution in [2.75, 3.05) is 6.26 Å². The van der Waals surface area contributed by atoms with Gasteiger partial charge in [-0.3, -0.25) is 0 Å². The first-order valence-corrected chi connectivity index (χ1v) is 5.51. The Morgan fingerprint density at radius 3 is 2.46 bits per heavy atom. The third kappa shape index (κ3) is 2.78. The molecule has 0 saturated heterocycles. The van der Waals surface area contributed by atoms with Crippen LogP contribution in [0.25, 0.3) is 0 Å². The fraction of sp³-hybridized carbons (Fsp3) is 0.364. The molecule has 0 aliphatic heterocycles. The zero-order chi connectivity index (χ0) is 9.68. The van der Waals surface area contributed by atoms with Crippen LogP contribution in [-0.4, -0.2) is 6.26 Å². The van der Waals surface area contributed by atoms with Gasteiger partial charge >= 0.3 is 0 Å². The van der Waals surface area contributed by atoms with E-state index in [1.165, 1.54) is 10.5 Å². The summed E-state index contributed by atoms with van der Waals surface area (Å²) in [6.07, 6.45) is 2.66. The third-order valence-electron chi connectivity index (χ3n) is 2.08. The maximum atomic E-state index is 8.54. The number of rotatable bonds is 3. The largest absolute Gasteiger partial charge is 0.198 e. The average molecular weight is 191 g/mol. The van der Waals surface area contributed by atoms with E-state index in [1.807, 2.05) is 0 Å². The highest BCUT2D eigenvalue weighted by Crippen LogP contribution is 2.21. The molecule has 0 N–H and O–H groups in total. The highest BCUT2D eigenvalue weighted by Gasteiger charge is 2.03. The second-order valence-corrected chi connectivity index (χ2v) is 3.92. The fourth-order valence-corrected chi connectivity index (χ4v) is 1.60. The number of hydrogen-bond donors (Lipinski definition) is 0. The van der Waals surface area contributed by atoms with E-state index in [9.17, 15) is 0 Å². The average Bonchev–Trinajstić information content (AvgIpc) is 2.18. The smallest absolute Gasteiger partial charge is 0.0628 e. The minimum absolute atomic E-state index is 0.348. The zero-order valence-electron chi connectivity index (χ0n) is 7.95. The lowest BCUT2D eigenvalue weighted by Crippen LogP contribution is -1.90. The molecule has 1 atom stereocenters. The summed E-state index contributed by atoms with van der Waals surface area (Å²) >= 11 is 1.74. The maximum absolute atomic E-state index is 8.54. The first kappa shape index (κ1) is 10.1. The van der Waals surface area contributed by atoms with Crippen LogP contribution in [0.5, 0.6) is 0 Å². The van der Waals surface area contributed by atoms with Gasteiger partial charge in [-0.05, 0) is 29.9 Å². The van der Waals surface area contributed by atoms with E-state index in [-0.39, 0.29) is 0 Å². The van der Waals surface area contributed by atoms with Crippen LogP contribution in [0.15, 0.2) is 29.2 Å². The second-order valence-electron chi connectivity index (χ2n) is 3.04. The molecule has 68 valence electrons. The van der Waals surface area contributed by atoms with Crippen LogP contribution in [0.4, 0.5) is 0 Å². The summed E-state index contributed by atoms with van der Waals surface area (Å²) in [5.41, 5.74) is 1.25. The SMILES string of the molecule is CSc1ccc([C@H](C)CC#N)cc1. The van der Waals surface area contributed by atoms with Crippen LogP contribution in [0.1, 0.15) is 24.8 Å². The lowest BCUT2D eigenvalue weighted by atomic mass is 9.99. The van der Waals surface area contributed by atoms with E-state index >= 15 is 0 Å². The zero-order valence-corrected chi connectivity index (χ0v) is 8.77. The molecule has 0 spiro atoms. The number of nitriles is 1. The Morgan fingerprint density at radius 2 is 2.00 bits per heavy atom. The van der Waals surface area contributed by atoms with Crippen molar-refractivity contribution < 1.29 is 0 Å². The molecule has 0 radical (unpaired) electrons. The summed E-state index contributed by atoms with van der Waals surface area (Å²) in [6, 6.07) is 10.6. The highest BCUT2D eigenvalue weighted by atomic mass is 32.2. The van der Waals surface area contributed by atoms with Crippen molar-refractivity contribution in [2.24, 2.45) is 0 Å². The minimum atomic E-state index is 0.348. The van der Waals surface area contributed by atoms with Gasteiger partial charge in [-0.2, -0.15) is 5.26 Å². The second kappa shape index (κ2) is 4.94. The molecule has 0 heterocycles. The third-order valence-corrected chi connectivity index (χ3v) is 2.83. The van der Waals surface area contributed by atoms with Crippen molar-refractivity contribution in [1.82, 2.24) is 0 Å². The van der Waals surface area contributed by atoms with Gasteiger partial charge in [0.15, 0.2) is 0 Å². The quantitative estimate of drug-likeness (QED) is 0.683. The van der Waals surface area contributed by atoms with Gasteiger partial charge in [0.25, 0.3) is 0 Å². The van der Waals surface area contributed by atoms with Crippen LogP contribution >= 0.6 is 11.8 Å². The van der Waals surface area contributed by atoms with Gasteiger partial charge in [0.1, 0.15) is 0 Å². The molecule has 0 fully saturated rings. The topological polar surface area (TPSA) is 23.8 Å². The van der Waals surface area contributed by atoms with Gasteiger partial charge in [-0.15, -0.1) is 11.8 Å². The molecule has 0 aliphatic carbocycles. The molecule has 13 heavy (non-hydrogen) atoms. The summed E-state index contributed by atoms with van der Waals surface area (Å²) < 4.78 is 0. The maximum Gasteiger partial charge on any atom is 0.0628 e. The Morgan fingerprint density at radius 1 is 1.38 bits per heavy atom. The molecule has 0 aromatic heterocycles. The van der Waals surface area contributed by atoms with Gasteiger partial charge < -0.3 is 0 Å². The molecule has 1 rings (SSSR count). The molecule has 1 nitrogen and oxygen atoms in total. The van der Waals surface area contributed by atoms with Gasteiger partial charge in [0.2, 0.25) is 0 Å². The molecule has 0 unspecified atom stereocenters. The Bertz CT molecular complexity index is 297. The molecule has 0 saturated carbocycles. The molecule has 1 aromatic rings. The molecule has 0 amide bonds. The van der Waals surface area contributed by atoms with Gasteiger partial charge in [-0.25, -0.2) is 0 Å². The summed E-state index contributed by atoms with van der Waals surface area (Å²) in [5.74, 6) is 0.348. The molecule has 0 bridgehead atoms. The monoisotopic (exact) mass is 191 g/mol. The summed E-state index contributed by atoms with van der Waals surface area (Å²) in [4.78, 5) is 1.27. The van der Waals surface area contributed by atoms with Crippen LogP contribution < -0.4 is 0 Å². The van der Waals surface area contributed by atoms with Crippen molar-refractivity contribution >= 4 is 11.8 Å². The molecule has 0 aliphatic rings. The van der Waals surface area contributed by atoms with E-state index in [2.05, 4.69) is 43.5 Å². The van der Waals surface area contributed by atoms with E-state index < -0.39 is 0 Å². The Hall–Kier alpha value is -0.940. The molecular formula is C11H13NS. The predicted molar refractivity (Wildman–Crippen MR) is 56.9 cm³/mol. The van der Waals surface area contributed by atoms with Gasteiger partial charge in [0, 0.05) is 11.3 Å². The Kier molecular flexibility index (Phi) is 3.85. The number of benzene rings is 1.